The molecule has 3 N–H and O–H groups in total. The lowest BCUT2D eigenvalue weighted by Gasteiger charge is -2.34. The Hall–Kier alpha value is -2.96. The highest BCUT2D eigenvalue weighted by molar-refractivity contribution is 6.01. The first-order valence-electron chi connectivity index (χ1n) is 9.23. The highest BCUT2D eigenvalue weighted by Crippen LogP contribution is 2.44. The third-order valence-corrected chi connectivity index (χ3v) is 5.71. The molecular weight excluding hydrogens is 361 g/mol. The molecule has 1 aromatic carbocycles. The minimum absolute atomic E-state index is 0.152. The Morgan fingerprint density at radius 2 is 1.86 bits per heavy atom. The van der Waals surface area contributed by atoms with Crippen LogP contribution in [0.5, 0.6) is 6.01 Å². The highest BCUT2D eigenvalue weighted by Gasteiger charge is 2.47. The number of nitrogens with one attached hydrogen (secondary N) is 1. The molecule has 1 aromatic heterocycles. The van der Waals surface area contributed by atoms with Crippen molar-refractivity contribution in [2.75, 3.05) is 0 Å². The van der Waals surface area contributed by atoms with Crippen molar-refractivity contribution in [1.29, 1.82) is 0 Å². The molecular formula is C21H24FN3O3+2. The zero-order valence-electron chi connectivity index (χ0n) is 16.4. The Morgan fingerprint density at radius 1 is 1.21 bits per heavy atom. The summed E-state index contributed by atoms with van der Waals surface area (Å²) in [5, 5.41) is 21.3. The first kappa shape index (κ1) is 18.4. The van der Waals surface area contributed by atoms with Crippen molar-refractivity contribution in [3.8, 4) is 6.01 Å². The fourth-order valence-corrected chi connectivity index (χ4v) is 4.38. The summed E-state index contributed by atoms with van der Waals surface area (Å²) in [5.74, 6) is -0.196. The first-order chi connectivity index (χ1) is 13.1. The molecule has 0 bridgehead atoms. The van der Waals surface area contributed by atoms with Crippen molar-refractivity contribution >= 4 is 11.5 Å². The Kier molecular flexibility index (Phi) is 3.96. The van der Waals surface area contributed by atoms with Crippen LogP contribution in [0, 0.1) is 11.2 Å². The third-order valence-electron chi connectivity index (χ3n) is 5.71. The maximum Gasteiger partial charge on any atom is 0.519 e. The molecule has 0 spiro atoms. The lowest BCUT2D eigenvalue weighted by molar-refractivity contribution is -0.724. The van der Waals surface area contributed by atoms with E-state index in [1.165, 1.54) is 28.3 Å². The molecule has 6 nitrogen and oxygen atoms in total. The highest BCUT2D eigenvalue weighted by atomic mass is 19.1. The molecule has 2 heterocycles. The van der Waals surface area contributed by atoms with Gasteiger partial charge in [-0.2, -0.15) is 0 Å². The summed E-state index contributed by atoms with van der Waals surface area (Å²) in [4.78, 5) is 16.4. The van der Waals surface area contributed by atoms with Gasteiger partial charge in [0.25, 0.3) is 0 Å². The van der Waals surface area contributed by atoms with E-state index in [-0.39, 0.29) is 28.6 Å². The zero-order valence-corrected chi connectivity index (χ0v) is 16.4. The number of hydrogen-bond acceptors (Lipinski definition) is 3. The predicted octanol–water partition coefficient (Wildman–Crippen LogP) is 0.985. The summed E-state index contributed by atoms with van der Waals surface area (Å²) in [6.45, 7) is 4.14. The number of benzene rings is 1. The Balaban J connectivity index is 2.10. The van der Waals surface area contributed by atoms with E-state index >= 15 is 0 Å². The number of hydrogen-bond donors (Lipinski definition) is 3. The summed E-state index contributed by atoms with van der Waals surface area (Å²) >= 11 is 0. The average molecular weight is 385 g/mol. The van der Waals surface area contributed by atoms with Crippen molar-refractivity contribution < 1.29 is 24.2 Å². The molecule has 146 valence electrons. The van der Waals surface area contributed by atoms with E-state index in [0.29, 0.717) is 35.4 Å². The van der Waals surface area contributed by atoms with Gasteiger partial charge in [0.1, 0.15) is 31.4 Å². The van der Waals surface area contributed by atoms with Crippen LogP contribution >= 0.6 is 0 Å². The number of halogens is 1. The van der Waals surface area contributed by atoms with Crippen LogP contribution in [-0.2, 0) is 14.1 Å². The summed E-state index contributed by atoms with van der Waals surface area (Å²) in [6.07, 6.45) is 1.17. The van der Waals surface area contributed by atoms with Gasteiger partial charge in [-0.15, -0.1) is 9.13 Å². The second-order valence-corrected chi connectivity index (χ2v) is 8.45. The van der Waals surface area contributed by atoms with Crippen LogP contribution in [0.1, 0.15) is 43.7 Å². The number of fused-ring (bicyclic) bond motifs is 2. The standard InChI is InChI=1S/C21H22FN3O3/c1-21(2)9-13-16(14(26)10-21)15(11-5-7-12(22)8-6-11)17-18(23-13)24(3)20(28)25(4)19(17)27/h5-8,15H,9-10H2,1-4H3,(H,23,26,27)/p+2. The van der Waals surface area contributed by atoms with Crippen LogP contribution in [0.4, 0.5) is 10.2 Å². The number of allylic oxidation sites excluding steroid dienone is 2. The molecule has 1 atom stereocenters. The average Bonchev–Trinajstić information content (AvgIpc) is 2.63. The molecule has 0 saturated heterocycles. The van der Waals surface area contributed by atoms with Crippen LogP contribution in [0.2, 0.25) is 0 Å². The normalized spacial score (nSPS) is 20.5. The molecule has 1 aliphatic carbocycles. The van der Waals surface area contributed by atoms with E-state index < -0.39 is 5.92 Å². The summed E-state index contributed by atoms with van der Waals surface area (Å²) < 4.78 is 16.2. The number of aromatic nitrogens is 2. The van der Waals surface area contributed by atoms with E-state index in [1.54, 1.807) is 19.2 Å². The van der Waals surface area contributed by atoms with Gasteiger partial charge in [-0.05, 0) is 23.1 Å². The molecule has 2 aliphatic rings. The first-order valence-corrected chi connectivity index (χ1v) is 9.23. The molecule has 1 unspecified atom stereocenters. The SMILES string of the molecule is Cn1c(O)[n+](C)c2c(c1=O)C(c1ccc(F)cc1)C1=C(O)CC(C)(C)CC1=[NH+]2. The second kappa shape index (κ2) is 6.02. The lowest BCUT2D eigenvalue weighted by Crippen LogP contribution is -2.76. The monoisotopic (exact) mass is 385 g/mol. The molecule has 0 fully saturated rings. The summed E-state index contributed by atoms with van der Waals surface area (Å²) in [7, 11) is 3.17. The van der Waals surface area contributed by atoms with Gasteiger partial charge in [0.05, 0.1) is 11.5 Å². The molecule has 28 heavy (non-hydrogen) atoms. The van der Waals surface area contributed by atoms with Crippen molar-refractivity contribution in [3.05, 3.63) is 62.9 Å². The van der Waals surface area contributed by atoms with Gasteiger partial charge in [-0.1, -0.05) is 26.0 Å². The van der Waals surface area contributed by atoms with Gasteiger partial charge >= 0.3 is 17.4 Å². The summed E-state index contributed by atoms with van der Waals surface area (Å²) in [5.41, 5.74) is 2.10. The Labute approximate surface area is 161 Å². The van der Waals surface area contributed by atoms with E-state index in [9.17, 15) is 19.4 Å². The van der Waals surface area contributed by atoms with Crippen LogP contribution in [-0.4, -0.2) is 20.5 Å². The van der Waals surface area contributed by atoms with Crippen molar-refractivity contribution in [1.82, 2.24) is 4.57 Å². The van der Waals surface area contributed by atoms with Crippen molar-refractivity contribution in [2.24, 2.45) is 19.5 Å². The molecule has 2 aromatic rings. The molecule has 0 saturated carbocycles. The molecule has 4 rings (SSSR count). The quantitative estimate of drug-likeness (QED) is 0.641. The number of aromatic hydroxyl groups is 1. The Morgan fingerprint density at radius 3 is 2.50 bits per heavy atom. The van der Waals surface area contributed by atoms with Crippen LogP contribution in [0.3, 0.4) is 0 Å². The molecule has 1 aliphatic heterocycles. The van der Waals surface area contributed by atoms with Crippen molar-refractivity contribution in [3.63, 3.8) is 0 Å². The maximum absolute atomic E-state index is 13.5. The van der Waals surface area contributed by atoms with Crippen LogP contribution in [0.15, 0.2) is 40.4 Å². The summed E-state index contributed by atoms with van der Waals surface area (Å²) in [6, 6.07) is 5.80. The fraction of sp³-hybridized carbons (Fsp3) is 0.381. The van der Waals surface area contributed by atoms with Crippen molar-refractivity contribution in [2.45, 2.75) is 32.6 Å². The van der Waals surface area contributed by atoms with Crippen LogP contribution in [0.25, 0.3) is 0 Å². The number of nitrogens with zero attached hydrogens (tertiary/aromatic N) is 2. The molecule has 0 amide bonds. The smallest absolute Gasteiger partial charge is 0.512 e. The fourth-order valence-electron chi connectivity index (χ4n) is 4.38. The van der Waals surface area contributed by atoms with Gasteiger partial charge in [-0.3, -0.25) is 0 Å². The Bertz CT molecular complexity index is 1110. The van der Waals surface area contributed by atoms with Crippen LogP contribution < -0.4 is 15.1 Å². The topological polar surface area (TPSA) is 80.3 Å². The van der Waals surface area contributed by atoms with Gasteiger partial charge in [-0.25, -0.2) is 14.2 Å². The van der Waals surface area contributed by atoms with Gasteiger partial charge in [0, 0.05) is 12.8 Å². The third kappa shape index (κ3) is 2.65. The van der Waals surface area contributed by atoms with E-state index in [1.807, 2.05) is 0 Å². The minimum atomic E-state index is -0.548. The van der Waals surface area contributed by atoms with Gasteiger partial charge in [0.2, 0.25) is 0 Å². The number of aliphatic hydroxyl groups is 1. The van der Waals surface area contributed by atoms with E-state index in [0.717, 1.165) is 5.71 Å². The molecule has 7 heteroatoms. The zero-order chi connectivity index (χ0) is 20.4. The predicted molar refractivity (Wildman–Crippen MR) is 101 cm³/mol. The maximum atomic E-state index is 13.5. The minimum Gasteiger partial charge on any atom is -0.512 e. The second-order valence-electron chi connectivity index (χ2n) is 8.45. The van der Waals surface area contributed by atoms with Gasteiger partial charge in [0.15, 0.2) is 5.56 Å². The van der Waals surface area contributed by atoms with Gasteiger partial charge < -0.3 is 10.2 Å². The largest absolute Gasteiger partial charge is 0.519 e. The number of rotatable bonds is 1. The van der Waals surface area contributed by atoms with E-state index in [2.05, 4.69) is 18.8 Å². The number of aliphatic hydroxyl groups excluding tert-OH is 1. The lowest BCUT2D eigenvalue weighted by atomic mass is 9.69. The molecule has 0 radical (unpaired) electrons. The van der Waals surface area contributed by atoms with E-state index in [4.69, 9.17) is 0 Å².